The topological polar surface area (TPSA) is 52.7 Å². The van der Waals surface area contributed by atoms with Crippen molar-refractivity contribution in [3.63, 3.8) is 0 Å². The predicted octanol–water partition coefficient (Wildman–Crippen LogP) is 2.72. The lowest BCUT2D eigenvalue weighted by Gasteiger charge is -2.34. The van der Waals surface area contributed by atoms with Gasteiger partial charge in [0.15, 0.2) is 0 Å². The van der Waals surface area contributed by atoms with Gasteiger partial charge in [-0.1, -0.05) is 35.4 Å². The molecule has 2 aliphatic rings. The monoisotopic (exact) mass is 371 g/mol. The van der Waals surface area contributed by atoms with E-state index in [1.54, 1.807) is 4.90 Å². The fourth-order valence-corrected chi connectivity index (χ4v) is 3.30. The van der Waals surface area contributed by atoms with E-state index in [4.69, 9.17) is 0 Å². The molecule has 0 atom stereocenters. The Morgan fingerprint density at radius 1 is 1.00 bits per heavy atom. The first-order chi connectivity index (χ1) is 10.6. The lowest BCUT2D eigenvalue weighted by atomic mass is 9.95. The quantitative estimate of drug-likeness (QED) is 0.828. The minimum absolute atomic E-state index is 0.0683. The van der Waals surface area contributed by atoms with Gasteiger partial charge in [0.1, 0.15) is 0 Å². The number of rotatable bonds is 3. The number of amides is 3. The molecule has 2 rings (SSSR count). The molecule has 0 unspecified atom stereocenters. The molecule has 0 saturated carbocycles. The number of urea groups is 1. The zero-order valence-electron chi connectivity index (χ0n) is 13.2. The van der Waals surface area contributed by atoms with E-state index in [0.29, 0.717) is 25.5 Å². The van der Waals surface area contributed by atoms with Crippen LogP contribution in [0, 0.1) is 5.92 Å². The third kappa shape index (κ3) is 5.00. The Morgan fingerprint density at radius 2 is 1.59 bits per heavy atom. The molecule has 0 bridgehead atoms. The first kappa shape index (κ1) is 17.3. The molecular weight excluding hydrogens is 346 g/mol. The van der Waals surface area contributed by atoms with E-state index in [-0.39, 0.29) is 11.9 Å². The van der Waals surface area contributed by atoms with Gasteiger partial charge in [-0.05, 0) is 25.7 Å². The Bertz CT molecular complexity index is 412. The molecular formula is C16H26BrN3O2. The fourth-order valence-electron chi connectivity index (χ4n) is 3.16. The largest absolute Gasteiger partial charge is 0.342 e. The third-order valence-electron chi connectivity index (χ3n) is 4.48. The second-order valence-corrected chi connectivity index (χ2v) is 7.30. The van der Waals surface area contributed by atoms with E-state index >= 15 is 0 Å². The van der Waals surface area contributed by atoms with Crippen LogP contribution in [-0.4, -0.2) is 54.5 Å². The highest BCUT2D eigenvalue weighted by atomic mass is 79.9. The van der Waals surface area contributed by atoms with Crippen LogP contribution in [0.3, 0.4) is 0 Å². The van der Waals surface area contributed by atoms with Crippen LogP contribution in [0.15, 0.2) is 11.1 Å². The van der Waals surface area contributed by atoms with Crippen LogP contribution in [0.25, 0.3) is 0 Å². The summed E-state index contributed by atoms with van der Waals surface area (Å²) in [6, 6.07) is -0.0683. The maximum absolute atomic E-state index is 12.6. The van der Waals surface area contributed by atoms with Crippen LogP contribution in [0.4, 0.5) is 4.79 Å². The van der Waals surface area contributed by atoms with E-state index in [9.17, 15) is 9.59 Å². The number of likely N-dealkylation sites (tertiary alicyclic amines) is 2. The van der Waals surface area contributed by atoms with Gasteiger partial charge in [-0.25, -0.2) is 4.79 Å². The number of nitrogens with one attached hydrogen (secondary N) is 1. The van der Waals surface area contributed by atoms with E-state index in [2.05, 4.69) is 27.8 Å². The summed E-state index contributed by atoms with van der Waals surface area (Å²) in [5, 5.41) is 2.81. The summed E-state index contributed by atoms with van der Waals surface area (Å²) in [6.45, 7) is 7.27. The number of hydrogen-bond donors (Lipinski definition) is 1. The molecule has 0 aliphatic carbocycles. The van der Waals surface area contributed by atoms with Gasteiger partial charge in [0.05, 0.1) is 6.54 Å². The molecule has 5 nitrogen and oxygen atoms in total. The minimum atomic E-state index is -0.0683. The fraction of sp³-hybridized carbons (Fsp3) is 0.750. The second-order valence-electron chi connectivity index (χ2n) is 6.18. The summed E-state index contributed by atoms with van der Waals surface area (Å²) in [5.41, 5.74) is 0. The zero-order valence-corrected chi connectivity index (χ0v) is 14.7. The van der Waals surface area contributed by atoms with Crippen molar-refractivity contribution in [2.75, 3.05) is 32.7 Å². The SMILES string of the molecule is C=C(Br)CNC(=O)N1CCC(C(=O)N2CCCCCC2)CC1. The average molecular weight is 372 g/mol. The summed E-state index contributed by atoms with van der Waals surface area (Å²) in [4.78, 5) is 28.4. The lowest BCUT2D eigenvalue weighted by Crippen LogP contribution is -2.47. The van der Waals surface area contributed by atoms with E-state index in [1.807, 2.05) is 4.90 Å². The number of nitrogens with zero attached hydrogens (tertiary/aromatic N) is 2. The summed E-state index contributed by atoms with van der Waals surface area (Å²) in [5.74, 6) is 0.393. The van der Waals surface area contributed by atoms with Crippen molar-refractivity contribution >= 4 is 27.9 Å². The first-order valence-corrected chi connectivity index (χ1v) is 9.02. The number of hydrogen-bond acceptors (Lipinski definition) is 2. The summed E-state index contributed by atoms with van der Waals surface area (Å²) in [7, 11) is 0. The molecule has 2 saturated heterocycles. The van der Waals surface area contributed by atoms with Gasteiger partial charge in [0.2, 0.25) is 5.91 Å². The maximum Gasteiger partial charge on any atom is 0.317 e. The van der Waals surface area contributed by atoms with Crippen molar-refractivity contribution in [2.45, 2.75) is 38.5 Å². The van der Waals surface area contributed by atoms with Gasteiger partial charge in [0.25, 0.3) is 0 Å². The van der Waals surface area contributed by atoms with Crippen molar-refractivity contribution in [2.24, 2.45) is 5.92 Å². The third-order valence-corrected chi connectivity index (χ3v) is 4.76. The second kappa shape index (κ2) is 8.56. The zero-order chi connectivity index (χ0) is 15.9. The number of halogens is 1. The Balaban J connectivity index is 1.77. The normalized spacial score (nSPS) is 20.4. The molecule has 124 valence electrons. The summed E-state index contributed by atoms with van der Waals surface area (Å²) in [6.07, 6.45) is 6.28. The molecule has 2 heterocycles. The Kier molecular flexibility index (Phi) is 6.73. The highest BCUT2D eigenvalue weighted by Gasteiger charge is 2.30. The van der Waals surface area contributed by atoms with Crippen LogP contribution in [0.2, 0.25) is 0 Å². The van der Waals surface area contributed by atoms with Crippen LogP contribution < -0.4 is 5.32 Å². The molecule has 0 radical (unpaired) electrons. The lowest BCUT2D eigenvalue weighted by molar-refractivity contribution is -0.136. The minimum Gasteiger partial charge on any atom is -0.342 e. The molecule has 0 aromatic heterocycles. The first-order valence-electron chi connectivity index (χ1n) is 8.23. The number of piperidine rings is 1. The predicted molar refractivity (Wildman–Crippen MR) is 90.8 cm³/mol. The van der Waals surface area contributed by atoms with Crippen molar-refractivity contribution in [1.82, 2.24) is 15.1 Å². The standard InChI is InChI=1S/C16H26BrN3O2/c1-13(17)12-18-16(22)20-10-6-14(7-11-20)15(21)19-8-4-2-3-5-9-19/h14H,1-12H2,(H,18,22). The van der Waals surface area contributed by atoms with Gasteiger partial charge in [-0.3, -0.25) is 4.79 Å². The Hall–Kier alpha value is -1.04. The molecule has 22 heavy (non-hydrogen) atoms. The highest BCUT2D eigenvalue weighted by molar-refractivity contribution is 9.11. The van der Waals surface area contributed by atoms with Crippen molar-refractivity contribution in [1.29, 1.82) is 0 Å². The molecule has 2 aliphatic heterocycles. The van der Waals surface area contributed by atoms with E-state index < -0.39 is 0 Å². The van der Waals surface area contributed by atoms with Crippen LogP contribution in [0.1, 0.15) is 38.5 Å². The molecule has 0 spiro atoms. The van der Waals surface area contributed by atoms with E-state index in [1.165, 1.54) is 12.8 Å². The summed E-state index contributed by atoms with van der Waals surface area (Å²) >= 11 is 3.23. The van der Waals surface area contributed by atoms with Crippen molar-refractivity contribution in [3.8, 4) is 0 Å². The van der Waals surface area contributed by atoms with Gasteiger partial charge < -0.3 is 15.1 Å². The van der Waals surface area contributed by atoms with Crippen LogP contribution in [-0.2, 0) is 4.79 Å². The van der Waals surface area contributed by atoms with Gasteiger partial charge >= 0.3 is 6.03 Å². The van der Waals surface area contributed by atoms with Crippen LogP contribution >= 0.6 is 15.9 Å². The molecule has 1 N–H and O–H groups in total. The molecule has 2 fully saturated rings. The van der Waals surface area contributed by atoms with Crippen molar-refractivity contribution < 1.29 is 9.59 Å². The van der Waals surface area contributed by atoms with Gasteiger partial charge in [-0.15, -0.1) is 0 Å². The molecule has 0 aromatic rings. The summed E-state index contributed by atoms with van der Waals surface area (Å²) < 4.78 is 0.757. The number of carbonyl (C=O) groups excluding carboxylic acids is 2. The van der Waals surface area contributed by atoms with Crippen LogP contribution in [0.5, 0.6) is 0 Å². The Morgan fingerprint density at radius 3 is 2.14 bits per heavy atom. The average Bonchev–Trinajstić information content (AvgIpc) is 2.81. The molecule has 3 amide bonds. The Labute approximate surface area is 141 Å². The number of carbonyl (C=O) groups is 2. The highest BCUT2D eigenvalue weighted by Crippen LogP contribution is 2.21. The molecule has 6 heteroatoms. The smallest absolute Gasteiger partial charge is 0.317 e. The van der Waals surface area contributed by atoms with Gasteiger partial charge in [-0.2, -0.15) is 0 Å². The maximum atomic E-state index is 12.6. The molecule has 0 aromatic carbocycles. The van der Waals surface area contributed by atoms with Gasteiger partial charge in [0, 0.05) is 36.6 Å². The van der Waals surface area contributed by atoms with E-state index in [0.717, 1.165) is 43.3 Å². The van der Waals surface area contributed by atoms with Crippen molar-refractivity contribution in [3.05, 3.63) is 11.1 Å².